The SMILES string of the molecule is CCOC(=O)c1ccc(NC(=O)Cn2c3c(sc2=O)[C@@H](c2cccs2)[C@H]2C(=O)N(c4ccc(Cl)cc4)C(=O)[C@H]2S3)cc1. The predicted molar refractivity (Wildman–Crippen MR) is 163 cm³/mol. The summed E-state index contributed by atoms with van der Waals surface area (Å²) in [6, 6.07) is 16.5. The number of benzene rings is 2. The lowest BCUT2D eigenvalue weighted by Gasteiger charge is -2.29. The number of imide groups is 1. The quantitative estimate of drug-likeness (QED) is 0.217. The number of rotatable bonds is 7. The topological polar surface area (TPSA) is 115 Å². The van der Waals surface area contributed by atoms with Crippen molar-refractivity contribution in [3.05, 3.63) is 96.1 Å². The molecule has 1 fully saturated rings. The zero-order chi connectivity index (χ0) is 29.5. The maximum atomic E-state index is 13.8. The largest absolute Gasteiger partial charge is 0.462 e. The van der Waals surface area contributed by atoms with Gasteiger partial charge in [-0.3, -0.25) is 23.7 Å². The van der Waals surface area contributed by atoms with Gasteiger partial charge in [0.25, 0.3) is 0 Å². The Hall–Kier alpha value is -3.71. The molecule has 3 amide bonds. The van der Waals surface area contributed by atoms with E-state index in [0.29, 0.717) is 31.9 Å². The summed E-state index contributed by atoms with van der Waals surface area (Å²) in [4.78, 5) is 68.1. The first kappa shape index (κ1) is 28.4. The summed E-state index contributed by atoms with van der Waals surface area (Å²) in [6.07, 6.45) is 0. The monoisotopic (exact) mass is 639 g/mol. The van der Waals surface area contributed by atoms with Crippen molar-refractivity contribution in [1.29, 1.82) is 0 Å². The van der Waals surface area contributed by atoms with Crippen molar-refractivity contribution in [1.82, 2.24) is 4.57 Å². The number of nitrogens with one attached hydrogen (secondary N) is 1. The molecule has 6 rings (SSSR count). The Labute approximate surface area is 257 Å². The average Bonchev–Trinajstić information content (AvgIpc) is 3.67. The Bertz CT molecular complexity index is 1750. The number of thiazole rings is 1. The Balaban J connectivity index is 1.30. The van der Waals surface area contributed by atoms with E-state index in [9.17, 15) is 24.0 Å². The van der Waals surface area contributed by atoms with Gasteiger partial charge in [-0.05, 0) is 66.9 Å². The van der Waals surface area contributed by atoms with Crippen molar-refractivity contribution in [2.75, 3.05) is 16.8 Å². The molecule has 4 heterocycles. The summed E-state index contributed by atoms with van der Waals surface area (Å²) in [6.45, 7) is 1.69. The lowest BCUT2D eigenvalue weighted by molar-refractivity contribution is -0.122. The highest BCUT2D eigenvalue weighted by molar-refractivity contribution is 8.00. The standard InChI is InChI=1S/C29H22ClN3O6S3/c1-2-39-28(37)15-5-9-17(10-6-15)31-20(34)14-32-27-24(42-29(32)38)21(19-4-3-13-40-19)22-23(41-27)26(36)33(25(22)35)18-11-7-16(30)8-12-18/h3-13,21-23H,2,14H2,1H3,(H,31,34)/t21-,22+,23-/m0/s1. The van der Waals surface area contributed by atoms with Gasteiger partial charge in [0.15, 0.2) is 0 Å². The van der Waals surface area contributed by atoms with Crippen LogP contribution in [-0.4, -0.2) is 40.1 Å². The molecule has 1 N–H and O–H groups in total. The van der Waals surface area contributed by atoms with Gasteiger partial charge in [0.05, 0.1) is 28.8 Å². The predicted octanol–water partition coefficient (Wildman–Crippen LogP) is 5.24. The van der Waals surface area contributed by atoms with Crippen LogP contribution in [0.4, 0.5) is 11.4 Å². The molecule has 42 heavy (non-hydrogen) atoms. The normalized spacial score (nSPS) is 19.4. The van der Waals surface area contributed by atoms with E-state index in [1.54, 1.807) is 55.5 Å². The Morgan fingerprint density at radius 3 is 2.40 bits per heavy atom. The molecule has 9 nitrogen and oxygen atoms in total. The number of fused-ring (bicyclic) bond motifs is 2. The van der Waals surface area contributed by atoms with Crippen molar-refractivity contribution in [3.63, 3.8) is 0 Å². The highest BCUT2D eigenvalue weighted by Crippen LogP contribution is 2.54. The van der Waals surface area contributed by atoms with Crippen molar-refractivity contribution < 1.29 is 23.9 Å². The number of anilines is 2. The molecular weight excluding hydrogens is 618 g/mol. The van der Waals surface area contributed by atoms with Crippen LogP contribution in [0.5, 0.6) is 0 Å². The summed E-state index contributed by atoms with van der Waals surface area (Å²) in [5.41, 5.74) is 1.24. The Morgan fingerprint density at radius 1 is 1.00 bits per heavy atom. The van der Waals surface area contributed by atoms with Crippen LogP contribution < -0.4 is 15.1 Å². The first-order valence-electron chi connectivity index (χ1n) is 12.9. The number of hydrogen-bond donors (Lipinski definition) is 1. The molecule has 0 radical (unpaired) electrons. The van der Waals surface area contributed by atoms with E-state index in [1.807, 2.05) is 17.5 Å². The van der Waals surface area contributed by atoms with Crippen LogP contribution in [0.2, 0.25) is 5.02 Å². The first-order valence-corrected chi connectivity index (χ1v) is 15.9. The van der Waals surface area contributed by atoms with Crippen LogP contribution in [0, 0.1) is 5.92 Å². The summed E-state index contributed by atoms with van der Waals surface area (Å²) in [5, 5.41) is 4.87. The number of nitrogens with zero attached hydrogens (tertiary/aromatic N) is 2. The zero-order valence-corrected chi connectivity index (χ0v) is 25.1. The minimum Gasteiger partial charge on any atom is -0.462 e. The lowest BCUT2D eigenvalue weighted by Crippen LogP contribution is -2.32. The number of esters is 1. The van der Waals surface area contributed by atoms with Crippen molar-refractivity contribution in [3.8, 4) is 0 Å². The highest BCUT2D eigenvalue weighted by atomic mass is 35.5. The second-order valence-electron chi connectivity index (χ2n) is 9.52. The third kappa shape index (κ3) is 5.08. The Morgan fingerprint density at radius 2 is 1.74 bits per heavy atom. The number of ether oxygens (including phenoxy) is 1. The van der Waals surface area contributed by atoms with Crippen LogP contribution in [0.3, 0.4) is 0 Å². The number of amides is 3. The van der Waals surface area contributed by atoms with Crippen molar-refractivity contribution >= 4 is 81.1 Å². The molecular formula is C29H22ClN3O6S3. The molecule has 13 heteroatoms. The van der Waals surface area contributed by atoms with Gasteiger partial charge in [-0.2, -0.15) is 0 Å². The van der Waals surface area contributed by atoms with E-state index in [0.717, 1.165) is 28.0 Å². The van der Waals surface area contributed by atoms with E-state index in [1.165, 1.54) is 20.8 Å². The molecule has 4 aromatic rings. The average molecular weight is 640 g/mol. The maximum absolute atomic E-state index is 13.8. The third-order valence-corrected chi connectivity index (χ3v) is 10.8. The lowest BCUT2D eigenvalue weighted by atomic mass is 9.87. The number of carbonyl (C=O) groups is 4. The van der Waals surface area contributed by atoms with E-state index < -0.39 is 29.0 Å². The smallest absolute Gasteiger partial charge is 0.338 e. The van der Waals surface area contributed by atoms with Crippen LogP contribution in [0.1, 0.15) is 33.0 Å². The van der Waals surface area contributed by atoms with E-state index in [-0.39, 0.29) is 29.8 Å². The van der Waals surface area contributed by atoms with Gasteiger partial charge in [0.1, 0.15) is 11.8 Å². The van der Waals surface area contributed by atoms with Crippen LogP contribution >= 0.6 is 46.0 Å². The molecule has 0 spiro atoms. The number of thiophene rings is 1. The van der Waals surface area contributed by atoms with E-state index in [2.05, 4.69) is 5.32 Å². The zero-order valence-electron chi connectivity index (χ0n) is 21.9. The second-order valence-corrected chi connectivity index (χ2v) is 13.1. The van der Waals surface area contributed by atoms with Crippen molar-refractivity contribution in [2.24, 2.45) is 5.92 Å². The highest BCUT2D eigenvalue weighted by Gasteiger charge is 2.57. The molecule has 214 valence electrons. The number of hydrogen-bond acceptors (Lipinski definition) is 9. The fraction of sp³-hybridized carbons (Fsp3) is 0.207. The van der Waals surface area contributed by atoms with Crippen LogP contribution in [-0.2, 0) is 25.7 Å². The molecule has 2 aliphatic heterocycles. The fourth-order valence-electron chi connectivity index (χ4n) is 5.12. The summed E-state index contributed by atoms with van der Waals surface area (Å²) >= 11 is 9.64. The van der Waals surface area contributed by atoms with Crippen molar-refractivity contribution in [2.45, 2.75) is 29.7 Å². The third-order valence-electron chi connectivity index (χ3n) is 6.97. The van der Waals surface area contributed by atoms with Gasteiger partial charge < -0.3 is 10.1 Å². The minimum absolute atomic E-state index is 0.253. The molecule has 3 atom stereocenters. The first-order chi connectivity index (χ1) is 20.3. The van der Waals surface area contributed by atoms with Gasteiger partial charge in [-0.15, -0.1) is 11.3 Å². The minimum atomic E-state index is -0.772. The fourth-order valence-corrected chi connectivity index (χ4v) is 8.97. The number of aromatic nitrogens is 1. The Kier molecular flexibility index (Phi) is 7.79. The number of carbonyl (C=O) groups excluding carboxylic acids is 4. The summed E-state index contributed by atoms with van der Waals surface area (Å²) in [7, 11) is 0. The molecule has 2 aromatic heterocycles. The second kappa shape index (κ2) is 11.5. The van der Waals surface area contributed by atoms with Gasteiger partial charge in [-0.25, -0.2) is 9.69 Å². The molecule has 1 saturated heterocycles. The van der Waals surface area contributed by atoms with Gasteiger partial charge in [0, 0.05) is 26.4 Å². The molecule has 2 aliphatic rings. The van der Waals surface area contributed by atoms with E-state index in [4.69, 9.17) is 16.3 Å². The van der Waals surface area contributed by atoms with Gasteiger partial charge >= 0.3 is 10.8 Å². The molecule has 0 aliphatic carbocycles. The van der Waals surface area contributed by atoms with Gasteiger partial charge in [0.2, 0.25) is 17.7 Å². The van der Waals surface area contributed by atoms with E-state index >= 15 is 0 Å². The molecule has 0 bridgehead atoms. The van der Waals surface area contributed by atoms with Crippen LogP contribution in [0.25, 0.3) is 0 Å². The molecule has 2 aromatic carbocycles. The number of thioether (sulfide) groups is 1. The molecule has 0 unspecified atom stereocenters. The van der Waals surface area contributed by atoms with Gasteiger partial charge in [-0.1, -0.05) is 40.8 Å². The summed E-state index contributed by atoms with van der Waals surface area (Å²) in [5.74, 6) is -2.83. The molecule has 0 saturated carbocycles. The number of halogens is 1. The maximum Gasteiger partial charge on any atom is 0.338 e. The summed E-state index contributed by atoms with van der Waals surface area (Å²) < 4.78 is 6.35. The van der Waals surface area contributed by atoms with Crippen LogP contribution in [0.15, 0.2) is 75.9 Å².